The van der Waals surface area contributed by atoms with Crippen LogP contribution in [0.15, 0.2) is 0 Å². The van der Waals surface area contributed by atoms with Gasteiger partial charge in [-0.1, -0.05) is 110 Å². The van der Waals surface area contributed by atoms with E-state index < -0.39 is 0 Å². The fraction of sp³-hybridized carbons (Fsp3) is 1.00. The Morgan fingerprint density at radius 3 is 1.27 bits per heavy atom. The lowest BCUT2D eigenvalue weighted by molar-refractivity contribution is 0.274. The summed E-state index contributed by atoms with van der Waals surface area (Å²) in [5.74, 6) is 0. The van der Waals surface area contributed by atoms with Gasteiger partial charge in [-0.3, -0.25) is 0 Å². The summed E-state index contributed by atoms with van der Waals surface area (Å²) in [6, 6.07) is 0. The number of unbranched alkanes of at least 4 members (excludes halogenated alkanes) is 14. The van der Waals surface area contributed by atoms with Crippen molar-refractivity contribution >= 4 is 0 Å². The summed E-state index contributed by atoms with van der Waals surface area (Å²) in [5, 5.41) is 0. The molecule has 0 aromatic carbocycles. The van der Waals surface area contributed by atoms with Crippen LogP contribution in [0, 0.1) is 0 Å². The predicted molar refractivity (Wildman–Crippen MR) is 98.5 cm³/mol. The summed E-state index contributed by atoms with van der Waals surface area (Å²) in [7, 11) is 0. The average Bonchev–Trinajstić information content (AvgIpc) is 3.32. The van der Waals surface area contributed by atoms with Crippen molar-refractivity contribution in [2.75, 3.05) is 6.61 Å². The van der Waals surface area contributed by atoms with Crippen molar-refractivity contribution in [1.29, 1.82) is 0 Å². The molecule has 1 rings (SSSR count). The van der Waals surface area contributed by atoms with E-state index in [1.54, 1.807) is 0 Å². The molecule has 1 aliphatic heterocycles. The summed E-state index contributed by atoms with van der Waals surface area (Å²) in [6.45, 7) is 5.59. The molecule has 1 aliphatic rings. The first-order chi connectivity index (χ1) is 10.8. The summed E-state index contributed by atoms with van der Waals surface area (Å²) < 4.78 is 5.56. The SMILES string of the molecule is CCCCCCCCCCCCCCCCCC1(CC)CO1. The van der Waals surface area contributed by atoms with Crippen molar-refractivity contribution in [2.45, 2.75) is 129 Å². The van der Waals surface area contributed by atoms with E-state index >= 15 is 0 Å². The molecule has 0 radical (unpaired) electrons. The second-order valence-electron chi connectivity index (χ2n) is 7.52. The lowest BCUT2D eigenvalue weighted by atomic mass is 9.98. The van der Waals surface area contributed by atoms with Crippen LogP contribution in [-0.2, 0) is 4.74 Å². The second kappa shape index (κ2) is 13.4. The summed E-state index contributed by atoms with van der Waals surface area (Å²) >= 11 is 0. The molecule has 0 amide bonds. The third-order valence-corrected chi connectivity index (χ3v) is 5.43. The van der Waals surface area contributed by atoms with E-state index in [9.17, 15) is 0 Å². The summed E-state index contributed by atoms with van der Waals surface area (Å²) in [6.07, 6.45) is 24.3. The van der Waals surface area contributed by atoms with Gasteiger partial charge >= 0.3 is 0 Å². The minimum atomic E-state index is 0.330. The quantitative estimate of drug-likeness (QED) is 0.201. The molecule has 132 valence electrons. The molecule has 0 bridgehead atoms. The van der Waals surface area contributed by atoms with E-state index in [1.807, 2.05) is 0 Å². The van der Waals surface area contributed by atoms with E-state index in [1.165, 1.54) is 109 Å². The third kappa shape index (κ3) is 10.6. The number of hydrogen-bond donors (Lipinski definition) is 0. The first kappa shape index (κ1) is 20.0. The molecular formula is C21H42O. The topological polar surface area (TPSA) is 12.5 Å². The van der Waals surface area contributed by atoms with Crippen molar-refractivity contribution in [3.63, 3.8) is 0 Å². The Labute approximate surface area is 140 Å². The molecule has 0 aliphatic carbocycles. The van der Waals surface area contributed by atoms with Gasteiger partial charge in [-0.25, -0.2) is 0 Å². The maximum atomic E-state index is 5.56. The fourth-order valence-corrected chi connectivity index (χ4v) is 3.45. The molecule has 1 unspecified atom stereocenters. The number of rotatable bonds is 17. The van der Waals surface area contributed by atoms with Crippen LogP contribution in [0.3, 0.4) is 0 Å². The van der Waals surface area contributed by atoms with Crippen LogP contribution >= 0.6 is 0 Å². The van der Waals surface area contributed by atoms with Crippen LogP contribution in [0.1, 0.15) is 123 Å². The minimum Gasteiger partial charge on any atom is -0.370 e. The highest BCUT2D eigenvalue weighted by molar-refractivity contribution is 4.90. The molecule has 1 atom stereocenters. The molecule has 0 saturated carbocycles. The third-order valence-electron chi connectivity index (χ3n) is 5.43. The van der Waals surface area contributed by atoms with Gasteiger partial charge < -0.3 is 4.74 Å². The number of epoxide rings is 1. The van der Waals surface area contributed by atoms with Crippen LogP contribution in [-0.4, -0.2) is 12.2 Å². The Kier molecular flexibility index (Phi) is 12.2. The van der Waals surface area contributed by atoms with E-state index in [-0.39, 0.29) is 0 Å². The maximum absolute atomic E-state index is 5.56. The molecule has 1 saturated heterocycles. The average molecular weight is 311 g/mol. The molecular weight excluding hydrogens is 268 g/mol. The Balaban J connectivity index is 1.66. The van der Waals surface area contributed by atoms with Gasteiger partial charge in [0.05, 0.1) is 12.2 Å². The Bertz CT molecular complexity index is 232. The zero-order chi connectivity index (χ0) is 15.9. The van der Waals surface area contributed by atoms with Crippen LogP contribution in [0.25, 0.3) is 0 Å². The zero-order valence-corrected chi connectivity index (χ0v) is 15.6. The molecule has 1 nitrogen and oxygen atoms in total. The zero-order valence-electron chi connectivity index (χ0n) is 15.6. The van der Waals surface area contributed by atoms with Gasteiger partial charge in [0, 0.05) is 0 Å². The van der Waals surface area contributed by atoms with E-state index in [0.717, 1.165) is 6.61 Å². The highest BCUT2D eigenvalue weighted by Crippen LogP contribution is 2.36. The molecule has 0 spiro atoms. The monoisotopic (exact) mass is 310 g/mol. The van der Waals surface area contributed by atoms with Crippen LogP contribution in [0.4, 0.5) is 0 Å². The maximum Gasteiger partial charge on any atom is 0.0914 e. The largest absolute Gasteiger partial charge is 0.370 e. The minimum absolute atomic E-state index is 0.330. The molecule has 1 fully saturated rings. The van der Waals surface area contributed by atoms with Crippen molar-refractivity contribution in [2.24, 2.45) is 0 Å². The standard InChI is InChI=1S/C21H42O/c1-3-5-6-7-8-9-10-11-12-13-14-15-16-17-18-19-21(4-2)20-22-21/h3-20H2,1-2H3. The Hall–Kier alpha value is -0.0400. The fourth-order valence-electron chi connectivity index (χ4n) is 3.45. The summed E-state index contributed by atoms with van der Waals surface area (Å²) in [4.78, 5) is 0. The van der Waals surface area contributed by atoms with Gasteiger partial charge in [-0.05, 0) is 12.8 Å². The summed E-state index contributed by atoms with van der Waals surface area (Å²) in [5.41, 5.74) is 0.330. The molecule has 0 N–H and O–H groups in total. The van der Waals surface area contributed by atoms with E-state index in [2.05, 4.69) is 13.8 Å². The highest BCUT2D eigenvalue weighted by atomic mass is 16.6. The lowest BCUT2D eigenvalue weighted by Crippen LogP contribution is -2.08. The van der Waals surface area contributed by atoms with Crippen LogP contribution < -0.4 is 0 Å². The molecule has 0 aromatic heterocycles. The Morgan fingerprint density at radius 2 is 0.955 bits per heavy atom. The normalized spacial score (nSPS) is 20.5. The molecule has 0 aromatic rings. The van der Waals surface area contributed by atoms with Gasteiger partial charge in [0.2, 0.25) is 0 Å². The highest BCUT2D eigenvalue weighted by Gasteiger charge is 2.41. The van der Waals surface area contributed by atoms with Gasteiger partial charge in [0.15, 0.2) is 0 Å². The van der Waals surface area contributed by atoms with Gasteiger partial charge in [-0.15, -0.1) is 0 Å². The first-order valence-corrected chi connectivity index (χ1v) is 10.5. The van der Waals surface area contributed by atoms with Gasteiger partial charge in [-0.2, -0.15) is 0 Å². The van der Waals surface area contributed by atoms with E-state index in [4.69, 9.17) is 4.74 Å². The van der Waals surface area contributed by atoms with Gasteiger partial charge in [0.1, 0.15) is 0 Å². The van der Waals surface area contributed by atoms with Crippen molar-refractivity contribution in [3.05, 3.63) is 0 Å². The number of ether oxygens (including phenoxy) is 1. The van der Waals surface area contributed by atoms with Crippen LogP contribution in [0.2, 0.25) is 0 Å². The van der Waals surface area contributed by atoms with Crippen molar-refractivity contribution in [1.82, 2.24) is 0 Å². The Morgan fingerprint density at radius 1 is 0.591 bits per heavy atom. The predicted octanol–water partition coefficient (Wildman–Crippen LogP) is 7.43. The van der Waals surface area contributed by atoms with Gasteiger partial charge in [0.25, 0.3) is 0 Å². The molecule has 22 heavy (non-hydrogen) atoms. The van der Waals surface area contributed by atoms with Crippen molar-refractivity contribution in [3.8, 4) is 0 Å². The number of hydrogen-bond acceptors (Lipinski definition) is 1. The van der Waals surface area contributed by atoms with Crippen molar-refractivity contribution < 1.29 is 4.74 Å². The smallest absolute Gasteiger partial charge is 0.0914 e. The molecule has 1 heterocycles. The second-order valence-corrected chi connectivity index (χ2v) is 7.52. The lowest BCUT2D eigenvalue weighted by Gasteiger charge is -2.08. The van der Waals surface area contributed by atoms with Crippen LogP contribution in [0.5, 0.6) is 0 Å². The molecule has 1 heteroatoms. The first-order valence-electron chi connectivity index (χ1n) is 10.5. The van der Waals surface area contributed by atoms with E-state index in [0.29, 0.717) is 5.60 Å².